The number of Topliss-reactive ketones (excluding diaryl/α,β-unsaturated/α-hetero) is 1. The first-order valence-electron chi connectivity index (χ1n) is 3.47. The van der Waals surface area contributed by atoms with Crippen molar-refractivity contribution < 1.29 is 4.79 Å². The number of rotatable bonds is 3. The molecule has 0 spiro atoms. The molecule has 0 radical (unpaired) electrons. The van der Waals surface area contributed by atoms with E-state index in [9.17, 15) is 4.79 Å². The van der Waals surface area contributed by atoms with E-state index < -0.39 is 11.6 Å². The van der Waals surface area contributed by atoms with Gasteiger partial charge in [-0.3, -0.25) is 0 Å². The van der Waals surface area contributed by atoms with Gasteiger partial charge in [-0.1, -0.05) is 0 Å². The third-order valence-corrected chi connectivity index (χ3v) is 7.68. The fraction of sp³-hybridized carbons (Fsp3) is 0.125. The first-order valence-corrected chi connectivity index (χ1v) is 20.8. The van der Waals surface area contributed by atoms with Crippen LogP contribution in [0.15, 0.2) is 30.3 Å². The van der Waals surface area contributed by atoms with Crippen molar-refractivity contribution in [1.82, 2.24) is 0 Å². The third kappa shape index (κ3) is 4.94. The van der Waals surface area contributed by atoms with Crippen LogP contribution in [0.1, 0.15) is 10.4 Å². The maximum absolute atomic E-state index is 11.6. The number of hydrogen-bond donors (Lipinski definition) is 0. The first-order chi connectivity index (χ1) is 5.99. The van der Waals surface area contributed by atoms with Crippen LogP contribution in [0, 0.1) is 0 Å². The van der Waals surface area contributed by atoms with Gasteiger partial charge in [-0.25, -0.2) is 0 Å². The third-order valence-electron chi connectivity index (χ3n) is 1.39. The molecule has 0 N–H and O–H groups in total. The number of halogens is 3. The summed E-state index contributed by atoms with van der Waals surface area (Å²) in [4.78, 5) is 11.6. The van der Waals surface area contributed by atoms with E-state index in [1.807, 2.05) is 30.3 Å². The number of carbonyl (C=O) groups is 1. The van der Waals surface area contributed by atoms with E-state index in [0.29, 0.717) is 4.47 Å². The van der Waals surface area contributed by atoms with E-state index in [-0.39, 0.29) is 5.78 Å². The van der Waals surface area contributed by atoms with Gasteiger partial charge in [-0.2, -0.15) is 0 Å². The Balaban J connectivity index is 2.71. The van der Waals surface area contributed by atoms with Crippen LogP contribution in [0.3, 0.4) is 0 Å². The number of carbonyl (C=O) groups excluding carboxylic acids is 1. The van der Waals surface area contributed by atoms with Crippen molar-refractivity contribution in [3.05, 3.63) is 35.9 Å². The molecular formula is C8H7Br3OTe. The topological polar surface area (TPSA) is 17.1 Å². The standard InChI is InChI=1S/C8H7Br3OTe/c9-13(10,11)6-8(12)7-4-2-1-3-5-7/h1-5H,6H2. The number of hydrogen-bond acceptors (Lipinski definition) is 1. The average Bonchev–Trinajstić information content (AvgIpc) is 2.03. The molecule has 0 amide bonds. The molecule has 0 heterocycles. The normalized spacial score (nSPS) is 12.5. The van der Waals surface area contributed by atoms with Crippen LogP contribution in [-0.4, -0.2) is 17.3 Å². The Morgan fingerprint density at radius 2 is 1.69 bits per heavy atom. The molecule has 1 aromatic rings. The molecule has 1 nitrogen and oxygen atoms in total. The summed E-state index contributed by atoms with van der Waals surface area (Å²) in [5.41, 5.74) is 0.775. The Hall–Kier alpha value is 1.12. The summed E-state index contributed by atoms with van der Waals surface area (Å²) in [5, 5.41) is 0. The second kappa shape index (κ2) is 5.27. The van der Waals surface area contributed by atoms with Gasteiger partial charge in [0.05, 0.1) is 0 Å². The van der Waals surface area contributed by atoms with Crippen LogP contribution in [0.2, 0.25) is 4.47 Å². The molecular weight excluding hydrogens is 479 g/mol. The van der Waals surface area contributed by atoms with Crippen molar-refractivity contribution in [2.24, 2.45) is 0 Å². The molecule has 1 aromatic carbocycles. The van der Waals surface area contributed by atoms with Crippen molar-refractivity contribution in [1.29, 1.82) is 0 Å². The summed E-state index contributed by atoms with van der Waals surface area (Å²) in [6.45, 7) is 0. The van der Waals surface area contributed by atoms with E-state index in [1.165, 1.54) is 0 Å². The van der Waals surface area contributed by atoms with Gasteiger partial charge in [-0.15, -0.1) is 0 Å². The van der Waals surface area contributed by atoms with E-state index in [2.05, 4.69) is 38.3 Å². The van der Waals surface area contributed by atoms with Gasteiger partial charge in [0, 0.05) is 0 Å². The predicted molar refractivity (Wildman–Crippen MR) is 68.1 cm³/mol. The quantitative estimate of drug-likeness (QED) is 0.467. The summed E-state index contributed by atoms with van der Waals surface area (Å²) in [6.07, 6.45) is 0. The van der Waals surface area contributed by atoms with Gasteiger partial charge in [-0.05, 0) is 0 Å². The second-order valence-corrected chi connectivity index (χ2v) is 45.9. The van der Waals surface area contributed by atoms with Gasteiger partial charge in [0.2, 0.25) is 0 Å². The summed E-state index contributed by atoms with van der Waals surface area (Å²) in [6, 6.07) is 9.33. The second-order valence-electron chi connectivity index (χ2n) is 2.44. The van der Waals surface area contributed by atoms with Crippen LogP contribution < -0.4 is 0 Å². The van der Waals surface area contributed by atoms with Gasteiger partial charge in [0.25, 0.3) is 0 Å². The van der Waals surface area contributed by atoms with Crippen LogP contribution in [0.4, 0.5) is 0 Å². The van der Waals surface area contributed by atoms with E-state index >= 15 is 0 Å². The Morgan fingerprint density at radius 1 is 1.15 bits per heavy atom. The molecule has 0 aromatic heterocycles. The Bertz CT molecular complexity index is 294. The van der Waals surface area contributed by atoms with Crippen LogP contribution in [0.25, 0.3) is 0 Å². The average molecular weight is 486 g/mol. The Labute approximate surface area is 99.5 Å². The van der Waals surface area contributed by atoms with Crippen LogP contribution in [0.5, 0.6) is 0 Å². The van der Waals surface area contributed by atoms with E-state index in [0.717, 1.165) is 5.56 Å². The number of benzene rings is 1. The van der Waals surface area contributed by atoms with E-state index in [1.54, 1.807) is 0 Å². The van der Waals surface area contributed by atoms with Crippen LogP contribution >= 0.6 is 38.3 Å². The van der Waals surface area contributed by atoms with Crippen molar-refractivity contribution in [3.8, 4) is 0 Å². The minimum atomic E-state index is -2.30. The molecule has 5 heteroatoms. The molecule has 0 aliphatic carbocycles. The van der Waals surface area contributed by atoms with Gasteiger partial charge in [0.1, 0.15) is 0 Å². The van der Waals surface area contributed by atoms with Crippen LogP contribution in [-0.2, 0) is 0 Å². The molecule has 0 saturated carbocycles. The predicted octanol–water partition coefficient (Wildman–Crippen LogP) is 3.99. The fourth-order valence-corrected chi connectivity index (χ4v) is 6.36. The van der Waals surface area contributed by atoms with Gasteiger partial charge in [0.15, 0.2) is 0 Å². The maximum atomic E-state index is 11.6. The molecule has 72 valence electrons. The zero-order valence-electron chi connectivity index (χ0n) is 6.54. The molecule has 0 bridgehead atoms. The molecule has 1 rings (SSSR count). The SMILES string of the molecule is O=C(C[Te](Br)(Br)Br)c1ccccc1. The fourth-order valence-electron chi connectivity index (χ4n) is 0.856. The molecule has 0 atom stereocenters. The monoisotopic (exact) mass is 486 g/mol. The van der Waals surface area contributed by atoms with Crippen molar-refractivity contribution in [2.45, 2.75) is 4.47 Å². The molecule has 0 aliphatic heterocycles. The Morgan fingerprint density at radius 3 is 2.15 bits per heavy atom. The summed E-state index contributed by atoms with van der Waals surface area (Å²) in [5.74, 6) is 0.174. The van der Waals surface area contributed by atoms with Crippen molar-refractivity contribution >= 4 is 55.6 Å². The molecule has 0 aliphatic rings. The molecule has 0 unspecified atom stereocenters. The zero-order valence-corrected chi connectivity index (χ0v) is 13.6. The molecule has 13 heavy (non-hydrogen) atoms. The summed E-state index contributed by atoms with van der Waals surface area (Å²) < 4.78 is 0.548. The van der Waals surface area contributed by atoms with Crippen molar-refractivity contribution in [3.63, 3.8) is 0 Å². The zero-order chi connectivity index (χ0) is 9.90. The first kappa shape index (κ1) is 12.2. The molecule has 0 saturated heterocycles. The Kier molecular flexibility index (Phi) is 4.94. The summed E-state index contributed by atoms with van der Waals surface area (Å²) in [7, 11) is 0. The van der Waals surface area contributed by atoms with Gasteiger partial charge >= 0.3 is 101 Å². The minimum absolute atomic E-state index is 0.174. The van der Waals surface area contributed by atoms with Crippen molar-refractivity contribution in [2.75, 3.05) is 0 Å². The molecule has 0 fully saturated rings. The number of ketones is 1. The van der Waals surface area contributed by atoms with E-state index in [4.69, 9.17) is 0 Å². The summed E-state index contributed by atoms with van der Waals surface area (Å²) >= 11 is 8.13. The van der Waals surface area contributed by atoms with Gasteiger partial charge < -0.3 is 0 Å².